The molecule has 0 aliphatic carbocycles. The lowest BCUT2D eigenvalue weighted by Gasteiger charge is -2.09. The van der Waals surface area contributed by atoms with Crippen molar-refractivity contribution in [3.8, 4) is 17.2 Å². The molecule has 0 amide bonds. The number of ether oxygens (including phenoxy) is 2. The van der Waals surface area contributed by atoms with E-state index in [0.717, 1.165) is 10.8 Å². The zero-order valence-electron chi connectivity index (χ0n) is 12.6. The van der Waals surface area contributed by atoms with Gasteiger partial charge in [-0.05, 0) is 12.1 Å². The molecule has 1 N–H and O–H groups in total. The lowest BCUT2D eigenvalue weighted by molar-refractivity contribution is -0.687. The maximum absolute atomic E-state index is 10.3. The molecule has 0 aliphatic rings. The minimum atomic E-state index is 0.217. The van der Waals surface area contributed by atoms with E-state index in [0.29, 0.717) is 18.0 Å². The smallest absolute Gasteiger partial charge is 0.211 e. The van der Waals surface area contributed by atoms with Gasteiger partial charge in [-0.2, -0.15) is 4.57 Å². The predicted molar refractivity (Wildman–Crippen MR) is 84.5 cm³/mol. The second kappa shape index (κ2) is 5.93. The van der Waals surface area contributed by atoms with Crippen LogP contribution in [0.5, 0.6) is 17.2 Å². The van der Waals surface area contributed by atoms with Crippen molar-refractivity contribution >= 4 is 10.8 Å². The Morgan fingerprint density at radius 3 is 2.32 bits per heavy atom. The Bertz CT molecular complexity index is 800. The van der Waals surface area contributed by atoms with E-state index in [1.807, 2.05) is 35.0 Å². The van der Waals surface area contributed by atoms with Crippen molar-refractivity contribution < 1.29 is 19.1 Å². The molecule has 0 fully saturated rings. The van der Waals surface area contributed by atoms with E-state index in [4.69, 9.17) is 9.47 Å². The van der Waals surface area contributed by atoms with Crippen LogP contribution in [0, 0.1) is 0 Å². The van der Waals surface area contributed by atoms with E-state index in [1.165, 1.54) is 5.56 Å². The van der Waals surface area contributed by atoms with Crippen molar-refractivity contribution in [1.29, 1.82) is 0 Å². The number of fused-ring (bicyclic) bond motifs is 1. The summed E-state index contributed by atoms with van der Waals surface area (Å²) in [5.74, 6) is 1.47. The fourth-order valence-electron chi connectivity index (χ4n) is 2.55. The van der Waals surface area contributed by atoms with E-state index < -0.39 is 0 Å². The number of methoxy groups -OCH3 is 2. The van der Waals surface area contributed by atoms with Gasteiger partial charge in [0, 0.05) is 10.9 Å². The zero-order chi connectivity index (χ0) is 15.5. The lowest BCUT2D eigenvalue weighted by atomic mass is 10.1. The Morgan fingerprint density at radius 1 is 0.955 bits per heavy atom. The second-order valence-electron chi connectivity index (χ2n) is 5.10. The summed E-state index contributed by atoms with van der Waals surface area (Å²) in [4.78, 5) is 0. The molecule has 1 heterocycles. The molecule has 4 nitrogen and oxygen atoms in total. The predicted octanol–water partition coefficient (Wildman–Crippen LogP) is 2.90. The summed E-state index contributed by atoms with van der Waals surface area (Å²) in [6.07, 6.45) is 3.71. The summed E-state index contributed by atoms with van der Waals surface area (Å²) >= 11 is 0. The number of benzene rings is 2. The highest BCUT2D eigenvalue weighted by molar-refractivity contribution is 5.89. The normalized spacial score (nSPS) is 10.6. The van der Waals surface area contributed by atoms with Crippen LogP contribution in [0.25, 0.3) is 10.8 Å². The third-order valence-electron chi connectivity index (χ3n) is 3.63. The van der Waals surface area contributed by atoms with Gasteiger partial charge in [0.25, 0.3) is 0 Å². The van der Waals surface area contributed by atoms with E-state index in [9.17, 15) is 5.11 Å². The number of aromatic hydroxyl groups is 1. The van der Waals surface area contributed by atoms with Crippen LogP contribution in [0.1, 0.15) is 5.56 Å². The van der Waals surface area contributed by atoms with Crippen LogP contribution in [0.3, 0.4) is 0 Å². The molecule has 0 saturated heterocycles. The van der Waals surface area contributed by atoms with Crippen molar-refractivity contribution in [2.24, 2.45) is 0 Å². The number of nitrogens with zero attached hydrogens (tertiary/aromatic N) is 1. The number of hydrogen-bond acceptors (Lipinski definition) is 3. The van der Waals surface area contributed by atoms with Gasteiger partial charge in [0.2, 0.25) is 6.20 Å². The molecule has 1 aromatic heterocycles. The lowest BCUT2D eigenvalue weighted by Crippen LogP contribution is -2.33. The number of aromatic nitrogens is 1. The molecule has 0 atom stereocenters. The van der Waals surface area contributed by atoms with Crippen LogP contribution in [0.15, 0.2) is 54.9 Å². The average molecular weight is 296 g/mol. The van der Waals surface area contributed by atoms with Crippen molar-refractivity contribution in [3.63, 3.8) is 0 Å². The van der Waals surface area contributed by atoms with Gasteiger partial charge >= 0.3 is 0 Å². The van der Waals surface area contributed by atoms with Gasteiger partial charge in [0.15, 0.2) is 30.0 Å². The minimum absolute atomic E-state index is 0.217. The van der Waals surface area contributed by atoms with Crippen molar-refractivity contribution in [3.05, 3.63) is 60.4 Å². The molecule has 3 aromatic rings. The maximum Gasteiger partial charge on any atom is 0.211 e. The summed E-state index contributed by atoms with van der Waals surface area (Å²) in [6, 6.07) is 13.8. The second-order valence-corrected chi connectivity index (χ2v) is 5.10. The van der Waals surface area contributed by atoms with E-state index in [2.05, 4.69) is 12.1 Å². The van der Waals surface area contributed by atoms with Gasteiger partial charge < -0.3 is 14.6 Å². The molecule has 4 heteroatoms. The zero-order valence-corrected chi connectivity index (χ0v) is 12.6. The molecular weight excluding hydrogens is 278 g/mol. The molecule has 0 unspecified atom stereocenters. The Hall–Kier alpha value is -2.75. The Labute approximate surface area is 129 Å². The summed E-state index contributed by atoms with van der Waals surface area (Å²) in [5, 5.41) is 11.9. The highest BCUT2D eigenvalue weighted by atomic mass is 16.5. The molecule has 2 aromatic carbocycles. The van der Waals surface area contributed by atoms with Gasteiger partial charge in [-0.1, -0.05) is 30.3 Å². The molecule has 3 rings (SSSR count). The quantitative estimate of drug-likeness (QED) is 0.753. The van der Waals surface area contributed by atoms with Gasteiger partial charge in [0.1, 0.15) is 0 Å². The summed E-state index contributed by atoms with van der Waals surface area (Å²) in [5.41, 5.74) is 1.17. The Morgan fingerprint density at radius 2 is 1.64 bits per heavy atom. The first-order valence-corrected chi connectivity index (χ1v) is 7.03. The molecule has 0 spiro atoms. The van der Waals surface area contributed by atoms with Crippen molar-refractivity contribution in [2.75, 3.05) is 14.2 Å². The monoisotopic (exact) mass is 296 g/mol. The average Bonchev–Trinajstić information content (AvgIpc) is 2.54. The van der Waals surface area contributed by atoms with E-state index >= 15 is 0 Å². The maximum atomic E-state index is 10.3. The SMILES string of the molecule is COc1cc2c[n+](Cc3ccccc3)cc(O)c2cc1OC. The van der Waals surface area contributed by atoms with Crippen LogP contribution in [0.4, 0.5) is 0 Å². The molecule has 112 valence electrons. The highest BCUT2D eigenvalue weighted by Gasteiger charge is 2.14. The fourth-order valence-corrected chi connectivity index (χ4v) is 2.55. The Kier molecular flexibility index (Phi) is 3.83. The fraction of sp³-hybridized carbons (Fsp3) is 0.167. The van der Waals surface area contributed by atoms with Crippen LogP contribution < -0.4 is 14.0 Å². The first-order chi connectivity index (χ1) is 10.7. The van der Waals surface area contributed by atoms with Gasteiger partial charge in [-0.25, -0.2) is 0 Å². The third kappa shape index (κ3) is 2.68. The van der Waals surface area contributed by atoms with Crippen LogP contribution >= 0.6 is 0 Å². The Balaban J connectivity index is 2.07. The molecule has 0 saturated carbocycles. The third-order valence-corrected chi connectivity index (χ3v) is 3.63. The van der Waals surface area contributed by atoms with Gasteiger partial charge in [-0.3, -0.25) is 0 Å². The van der Waals surface area contributed by atoms with Crippen molar-refractivity contribution in [1.82, 2.24) is 0 Å². The van der Waals surface area contributed by atoms with Crippen molar-refractivity contribution in [2.45, 2.75) is 6.54 Å². The molecule has 0 bridgehead atoms. The molecule has 0 aliphatic heterocycles. The van der Waals surface area contributed by atoms with Crippen LogP contribution in [0.2, 0.25) is 0 Å². The van der Waals surface area contributed by atoms with Gasteiger partial charge in [-0.15, -0.1) is 0 Å². The summed E-state index contributed by atoms with van der Waals surface area (Å²) in [7, 11) is 3.18. The molecular formula is C18H18NO3+. The van der Waals surface area contributed by atoms with Crippen LogP contribution in [-0.2, 0) is 6.54 Å². The number of hydrogen-bond donors (Lipinski definition) is 1. The molecule has 0 radical (unpaired) electrons. The number of pyridine rings is 1. The van der Waals surface area contributed by atoms with E-state index in [-0.39, 0.29) is 5.75 Å². The van der Waals surface area contributed by atoms with Gasteiger partial charge in [0.05, 0.1) is 19.6 Å². The minimum Gasteiger partial charge on any atom is -0.502 e. The largest absolute Gasteiger partial charge is 0.502 e. The topological polar surface area (TPSA) is 42.6 Å². The number of rotatable bonds is 4. The van der Waals surface area contributed by atoms with E-state index in [1.54, 1.807) is 26.5 Å². The standard InChI is InChI=1S/C18H17NO3/c1-21-17-8-14-11-19(10-13-6-4-3-5-7-13)12-16(20)15(14)9-18(17)22-2/h3-9,11-12H,10H2,1-2H3/p+1. The first-order valence-electron chi connectivity index (χ1n) is 7.03. The van der Waals surface area contributed by atoms with Crippen LogP contribution in [-0.4, -0.2) is 19.3 Å². The molecule has 22 heavy (non-hydrogen) atoms. The summed E-state index contributed by atoms with van der Waals surface area (Å²) < 4.78 is 12.6. The summed E-state index contributed by atoms with van der Waals surface area (Å²) in [6.45, 7) is 0.693. The highest BCUT2D eigenvalue weighted by Crippen LogP contribution is 2.34. The first kappa shape index (κ1) is 14.2.